The molecule has 2 heterocycles. The van der Waals surface area contributed by atoms with Gasteiger partial charge in [0.1, 0.15) is 0 Å². The highest BCUT2D eigenvalue weighted by molar-refractivity contribution is 5.99. The number of nitrogens with zero attached hydrogens (tertiary/aromatic N) is 1. The molecule has 1 aromatic rings. The van der Waals surface area contributed by atoms with Crippen LogP contribution in [0.5, 0.6) is 0 Å². The molecule has 2 aliphatic heterocycles. The van der Waals surface area contributed by atoms with Crippen LogP contribution in [0.25, 0.3) is 0 Å². The van der Waals surface area contributed by atoms with Gasteiger partial charge >= 0.3 is 0 Å². The maximum Gasteiger partial charge on any atom is 0.253 e. The third kappa shape index (κ3) is 4.03. The van der Waals surface area contributed by atoms with E-state index < -0.39 is 5.91 Å². The van der Waals surface area contributed by atoms with Crippen LogP contribution in [-0.2, 0) is 0 Å². The average Bonchev–Trinajstić information content (AvgIpc) is 3.09. The third-order valence-corrected chi connectivity index (χ3v) is 4.89. The number of halogens is 1. The maximum absolute atomic E-state index is 12.6. The Labute approximate surface area is 143 Å². The first kappa shape index (κ1) is 17.8. The molecule has 3 rings (SSSR count). The minimum absolute atomic E-state index is 0. The molecular weight excluding hydrogens is 314 g/mol. The Balaban J connectivity index is 0.00000192. The number of amides is 2. The van der Waals surface area contributed by atoms with Gasteiger partial charge in [0.15, 0.2) is 0 Å². The summed E-state index contributed by atoms with van der Waals surface area (Å²) in [7, 11) is 0. The van der Waals surface area contributed by atoms with E-state index in [2.05, 4.69) is 5.32 Å². The first-order chi connectivity index (χ1) is 10.6. The summed E-state index contributed by atoms with van der Waals surface area (Å²) in [5.41, 5.74) is 6.21. The van der Waals surface area contributed by atoms with Gasteiger partial charge in [0.25, 0.3) is 5.91 Å². The van der Waals surface area contributed by atoms with Crippen molar-refractivity contribution >= 4 is 24.2 Å². The maximum atomic E-state index is 12.6. The summed E-state index contributed by atoms with van der Waals surface area (Å²) in [6, 6.07) is 7.32. The lowest BCUT2D eigenvalue weighted by Gasteiger charge is -2.35. The molecule has 2 aliphatic rings. The summed E-state index contributed by atoms with van der Waals surface area (Å²) in [4.78, 5) is 25.7. The number of hydrogen-bond donors (Lipinski definition) is 2. The highest BCUT2D eigenvalue weighted by Gasteiger charge is 2.30. The lowest BCUT2D eigenvalue weighted by Crippen LogP contribution is -2.43. The van der Waals surface area contributed by atoms with E-state index in [1.54, 1.807) is 24.3 Å². The molecule has 5 nitrogen and oxygen atoms in total. The quantitative estimate of drug-likeness (QED) is 0.883. The number of carbonyl (C=O) groups excluding carboxylic acids is 2. The second kappa shape index (κ2) is 7.79. The molecule has 126 valence electrons. The van der Waals surface area contributed by atoms with Crippen molar-refractivity contribution < 1.29 is 9.59 Å². The summed E-state index contributed by atoms with van der Waals surface area (Å²) in [6.07, 6.45) is 4.64. The van der Waals surface area contributed by atoms with Gasteiger partial charge in [-0.1, -0.05) is 6.07 Å². The van der Waals surface area contributed by atoms with Crippen LogP contribution in [-0.4, -0.2) is 42.4 Å². The second-order valence-corrected chi connectivity index (χ2v) is 6.28. The van der Waals surface area contributed by atoms with Gasteiger partial charge < -0.3 is 16.0 Å². The van der Waals surface area contributed by atoms with E-state index in [0.717, 1.165) is 32.5 Å². The average molecular weight is 338 g/mol. The topological polar surface area (TPSA) is 75.4 Å². The molecule has 6 heteroatoms. The monoisotopic (exact) mass is 337 g/mol. The molecular formula is C17H24ClN3O2. The van der Waals surface area contributed by atoms with E-state index in [4.69, 9.17) is 5.73 Å². The van der Waals surface area contributed by atoms with E-state index in [0.29, 0.717) is 23.1 Å². The number of likely N-dealkylation sites (tertiary alicyclic amines) is 1. The molecule has 0 bridgehead atoms. The number of benzene rings is 1. The van der Waals surface area contributed by atoms with E-state index in [9.17, 15) is 9.59 Å². The van der Waals surface area contributed by atoms with Crippen molar-refractivity contribution in [2.75, 3.05) is 19.6 Å². The predicted molar refractivity (Wildman–Crippen MR) is 91.9 cm³/mol. The zero-order chi connectivity index (χ0) is 15.5. The van der Waals surface area contributed by atoms with E-state index in [1.807, 2.05) is 4.90 Å². The van der Waals surface area contributed by atoms with Crippen molar-refractivity contribution in [3.8, 4) is 0 Å². The van der Waals surface area contributed by atoms with Crippen molar-refractivity contribution in [1.29, 1.82) is 0 Å². The fourth-order valence-electron chi connectivity index (χ4n) is 3.61. The van der Waals surface area contributed by atoms with Crippen molar-refractivity contribution in [2.24, 2.45) is 11.7 Å². The molecule has 2 saturated heterocycles. The molecule has 3 N–H and O–H groups in total. The molecule has 1 aromatic carbocycles. The Morgan fingerprint density at radius 2 is 1.83 bits per heavy atom. The highest BCUT2D eigenvalue weighted by Crippen LogP contribution is 2.26. The third-order valence-electron chi connectivity index (χ3n) is 4.89. The van der Waals surface area contributed by atoms with Gasteiger partial charge in [0.05, 0.1) is 0 Å². The highest BCUT2D eigenvalue weighted by atomic mass is 35.5. The van der Waals surface area contributed by atoms with E-state index >= 15 is 0 Å². The number of carbonyl (C=O) groups is 2. The number of hydrogen-bond acceptors (Lipinski definition) is 3. The molecule has 2 amide bonds. The Hall–Kier alpha value is -1.59. The first-order valence-corrected chi connectivity index (χ1v) is 8.07. The van der Waals surface area contributed by atoms with Gasteiger partial charge in [-0.3, -0.25) is 9.59 Å². The Kier molecular flexibility index (Phi) is 6.02. The number of rotatable bonds is 3. The SMILES string of the molecule is Cl.NC(=O)c1cccc(C(=O)N2CCC(C3CCCN3)CC2)c1. The summed E-state index contributed by atoms with van der Waals surface area (Å²) >= 11 is 0. The smallest absolute Gasteiger partial charge is 0.253 e. The summed E-state index contributed by atoms with van der Waals surface area (Å²) in [6.45, 7) is 2.72. The minimum atomic E-state index is -0.499. The van der Waals surface area contributed by atoms with Crippen molar-refractivity contribution in [3.05, 3.63) is 35.4 Å². The number of primary amides is 1. The van der Waals surface area contributed by atoms with E-state index in [-0.39, 0.29) is 18.3 Å². The zero-order valence-corrected chi connectivity index (χ0v) is 14.0. The van der Waals surface area contributed by atoms with Gasteiger partial charge in [-0.25, -0.2) is 0 Å². The summed E-state index contributed by atoms with van der Waals surface area (Å²) < 4.78 is 0. The van der Waals surface area contributed by atoms with Crippen LogP contribution < -0.4 is 11.1 Å². The first-order valence-electron chi connectivity index (χ1n) is 8.07. The molecule has 0 aliphatic carbocycles. The van der Waals surface area contributed by atoms with Crippen molar-refractivity contribution in [3.63, 3.8) is 0 Å². The lowest BCUT2D eigenvalue weighted by molar-refractivity contribution is 0.0674. The van der Waals surface area contributed by atoms with Crippen LogP contribution in [0.4, 0.5) is 0 Å². The molecule has 1 unspecified atom stereocenters. The van der Waals surface area contributed by atoms with Crippen molar-refractivity contribution in [1.82, 2.24) is 10.2 Å². The molecule has 0 spiro atoms. The van der Waals surface area contributed by atoms with E-state index in [1.165, 1.54) is 12.8 Å². The standard InChI is InChI=1S/C17H23N3O2.ClH/c18-16(21)13-3-1-4-14(11-13)17(22)20-9-6-12(7-10-20)15-5-2-8-19-15;/h1,3-4,11-12,15,19H,2,5-10H2,(H2,18,21);1H. The molecule has 1 atom stereocenters. The lowest BCUT2D eigenvalue weighted by atomic mass is 9.88. The van der Waals surface area contributed by atoms with Crippen LogP contribution in [0.2, 0.25) is 0 Å². The van der Waals surface area contributed by atoms with Gasteiger partial charge in [-0.2, -0.15) is 0 Å². The van der Waals surface area contributed by atoms with Gasteiger partial charge in [0.2, 0.25) is 5.91 Å². The Morgan fingerprint density at radius 1 is 1.13 bits per heavy atom. The number of nitrogens with one attached hydrogen (secondary N) is 1. The molecule has 23 heavy (non-hydrogen) atoms. The molecule has 0 saturated carbocycles. The van der Waals surface area contributed by atoms with Crippen LogP contribution >= 0.6 is 12.4 Å². The summed E-state index contributed by atoms with van der Waals surface area (Å²) in [5, 5.41) is 3.57. The van der Waals surface area contributed by atoms with Crippen LogP contribution in [0.15, 0.2) is 24.3 Å². The Morgan fingerprint density at radius 3 is 2.43 bits per heavy atom. The van der Waals surface area contributed by atoms with Gasteiger partial charge in [-0.05, 0) is 56.3 Å². The molecule has 0 radical (unpaired) electrons. The second-order valence-electron chi connectivity index (χ2n) is 6.28. The van der Waals surface area contributed by atoms with Crippen LogP contribution in [0.3, 0.4) is 0 Å². The number of nitrogens with two attached hydrogens (primary N) is 1. The zero-order valence-electron chi connectivity index (χ0n) is 13.2. The normalized spacial score (nSPS) is 21.7. The van der Waals surface area contributed by atoms with Crippen LogP contribution in [0, 0.1) is 5.92 Å². The van der Waals surface area contributed by atoms with Gasteiger partial charge in [-0.15, -0.1) is 12.4 Å². The van der Waals surface area contributed by atoms with Crippen LogP contribution in [0.1, 0.15) is 46.4 Å². The van der Waals surface area contributed by atoms with Gasteiger partial charge in [0, 0.05) is 30.3 Å². The predicted octanol–water partition coefficient (Wildman–Crippen LogP) is 1.81. The molecule has 0 aromatic heterocycles. The minimum Gasteiger partial charge on any atom is -0.366 e. The Bertz CT molecular complexity index is 565. The fraction of sp³-hybridized carbons (Fsp3) is 0.529. The largest absolute Gasteiger partial charge is 0.366 e. The fourth-order valence-corrected chi connectivity index (χ4v) is 3.61. The summed E-state index contributed by atoms with van der Waals surface area (Å²) in [5.74, 6) is 0.185. The van der Waals surface area contributed by atoms with Crippen molar-refractivity contribution in [2.45, 2.75) is 31.7 Å². The molecule has 2 fully saturated rings. The number of piperidine rings is 1.